The Balaban J connectivity index is 1.87. The van der Waals surface area contributed by atoms with Crippen LogP contribution in [0.3, 0.4) is 0 Å². The van der Waals surface area contributed by atoms with Crippen LogP contribution in [0.15, 0.2) is 35.7 Å². The van der Waals surface area contributed by atoms with Crippen LogP contribution >= 0.6 is 22.7 Å². The van der Waals surface area contributed by atoms with E-state index in [1.54, 1.807) is 11.3 Å². The Morgan fingerprint density at radius 1 is 1.24 bits per heavy atom. The zero-order chi connectivity index (χ0) is 14.8. The largest absolute Gasteiger partial charge is 0.506 e. The van der Waals surface area contributed by atoms with Crippen molar-refractivity contribution < 1.29 is 15.0 Å². The van der Waals surface area contributed by atoms with Crippen LogP contribution in [0.4, 0.5) is 10.8 Å². The van der Waals surface area contributed by atoms with Crippen molar-refractivity contribution in [3.8, 4) is 15.6 Å². The van der Waals surface area contributed by atoms with Crippen LogP contribution in [-0.4, -0.2) is 26.4 Å². The second-order valence-corrected chi connectivity index (χ2v) is 5.98. The summed E-state index contributed by atoms with van der Waals surface area (Å²) < 4.78 is 0. The number of rotatable bonds is 4. The van der Waals surface area contributed by atoms with Crippen LogP contribution < -0.4 is 5.32 Å². The molecule has 3 rings (SSSR count). The van der Waals surface area contributed by atoms with Gasteiger partial charge in [0.1, 0.15) is 5.75 Å². The van der Waals surface area contributed by atoms with E-state index in [0.717, 1.165) is 9.88 Å². The molecule has 0 saturated carbocycles. The molecule has 0 amide bonds. The molecule has 3 aromatic rings. The van der Waals surface area contributed by atoms with Crippen molar-refractivity contribution in [1.82, 2.24) is 10.2 Å². The van der Waals surface area contributed by atoms with E-state index in [4.69, 9.17) is 5.11 Å². The van der Waals surface area contributed by atoms with Crippen molar-refractivity contribution in [3.05, 3.63) is 41.3 Å². The van der Waals surface area contributed by atoms with Crippen LogP contribution in [-0.2, 0) is 0 Å². The molecule has 2 aromatic heterocycles. The molecule has 0 fully saturated rings. The summed E-state index contributed by atoms with van der Waals surface area (Å²) in [5.74, 6) is -1.11. The summed E-state index contributed by atoms with van der Waals surface area (Å²) >= 11 is 2.89. The van der Waals surface area contributed by atoms with Gasteiger partial charge in [-0.1, -0.05) is 17.4 Å². The lowest BCUT2D eigenvalue weighted by atomic mass is 10.2. The van der Waals surface area contributed by atoms with Gasteiger partial charge in [0.2, 0.25) is 5.13 Å². The summed E-state index contributed by atoms with van der Waals surface area (Å²) in [5.41, 5.74) is 0.363. The molecule has 106 valence electrons. The summed E-state index contributed by atoms with van der Waals surface area (Å²) in [7, 11) is 0. The summed E-state index contributed by atoms with van der Waals surface area (Å²) in [4.78, 5) is 11.9. The lowest BCUT2D eigenvalue weighted by Crippen LogP contribution is -1.98. The van der Waals surface area contributed by atoms with E-state index in [-0.39, 0.29) is 17.0 Å². The third kappa shape index (κ3) is 2.86. The maximum absolute atomic E-state index is 10.9. The van der Waals surface area contributed by atoms with Crippen LogP contribution in [0.25, 0.3) is 9.88 Å². The normalized spacial score (nSPS) is 10.5. The monoisotopic (exact) mass is 319 g/mol. The Kier molecular flexibility index (Phi) is 3.55. The van der Waals surface area contributed by atoms with Gasteiger partial charge in [0.25, 0.3) is 0 Å². The van der Waals surface area contributed by atoms with Gasteiger partial charge >= 0.3 is 5.97 Å². The predicted molar refractivity (Wildman–Crippen MR) is 81.6 cm³/mol. The molecule has 0 spiro atoms. The maximum Gasteiger partial charge on any atom is 0.335 e. The Bertz CT molecular complexity index is 784. The van der Waals surface area contributed by atoms with E-state index in [1.165, 1.54) is 29.5 Å². The van der Waals surface area contributed by atoms with Crippen molar-refractivity contribution in [1.29, 1.82) is 0 Å². The molecule has 0 saturated heterocycles. The quantitative estimate of drug-likeness (QED) is 0.638. The number of phenols is 1. The SMILES string of the molecule is O=C(O)c1ccc(O)c(Nc2nnc(-c3cccs3)s2)c1. The number of aromatic carboxylic acids is 1. The molecule has 3 N–H and O–H groups in total. The second-order valence-electron chi connectivity index (χ2n) is 4.05. The number of benzene rings is 1. The molecular formula is C13H9N3O3S2. The molecule has 0 radical (unpaired) electrons. The molecule has 8 heteroatoms. The second kappa shape index (κ2) is 5.51. The van der Waals surface area contributed by atoms with Gasteiger partial charge in [-0.2, -0.15) is 0 Å². The number of nitrogens with zero attached hydrogens (tertiary/aromatic N) is 2. The number of aromatic hydroxyl groups is 1. The smallest absolute Gasteiger partial charge is 0.335 e. The van der Waals surface area contributed by atoms with Crippen LogP contribution in [0.2, 0.25) is 0 Å². The van der Waals surface area contributed by atoms with Crippen molar-refractivity contribution in [3.63, 3.8) is 0 Å². The van der Waals surface area contributed by atoms with E-state index in [0.29, 0.717) is 5.13 Å². The first-order chi connectivity index (χ1) is 10.1. The Morgan fingerprint density at radius 3 is 2.81 bits per heavy atom. The number of anilines is 2. The number of hydrogen-bond donors (Lipinski definition) is 3. The van der Waals surface area contributed by atoms with Crippen LogP contribution in [0.1, 0.15) is 10.4 Å². The minimum atomic E-state index is -1.06. The van der Waals surface area contributed by atoms with Gasteiger partial charge in [-0.3, -0.25) is 0 Å². The minimum absolute atomic E-state index is 0.0483. The molecule has 0 bridgehead atoms. The lowest BCUT2D eigenvalue weighted by molar-refractivity contribution is 0.0697. The first kappa shape index (κ1) is 13.5. The first-order valence-corrected chi connectivity index (χ1v) is 7.54. The maximum atomic E-state index is 10.9. The molecule has 2 heterocycles. The lowest BCUT2D eigenvalue weighted by Gasteiger charge is -2.05. The predicted octanol–water partition coefficient (Wildman–Crippen LogP) is 3.41. The van der Waals surface area contributed by atoms with Gasteiger partial charge < -0.3 is 15.5 Å². The summed E-state index contributed by atoms with van der Waals surface area (Å²) in [5, 5.41) is 32.9. The molecule has 21 heavy (non-hydrogen) atoms. The first-order valence-electron chi connectivity index (χ1n) is 5.84. The van der Waals surface area contributed by atoms with Gasteiger partial charge in [0.15, 0.2) is 5.01 Å². The summed E-state index contributed by atoms with van der Waals surface area (Å²) in [6, 6.07) is 7.88. The van der Waals surface area contributed by atoms with Crippen molar-refractivity contribution in [2.24, 2.45) is 0 Å². The number of carboxylic acid groups (broad SMARTS) is 1. The summed E-state index contributed by atoms with van der Waals surface area (Å²) in [6.45, 7) is 0. The number of phenolic OH excluding ortho intramolecular Hbond substituents is 1. The van der Waals surface area contributed by atoms with Gasteiger partial charge in [0.05, 0.1) is 16.1 Å². The minimum Gasteiger partial charge on any atom is -0.506 e. The van der Waals surface area contributed by atoms with Gasteiger partial charge in [-0.25, -0.2) is 4.79 Å². The fraction of sp³-hybridized carbons (Fsp3) is 0. The molecule has 0 aliphatic rings. The third-order valence-electron chi connectivity index (χ3n) is 2.64. The number of carbonyl (C=O) groups is 1. The fourth-order valence-electron chi connectivity index (χ4n) is 1.66. The highest BCUT2D eigenvalue weighted by atomic mass is 32.1. The number of nitrogens with one attached hydrogen (secondary N) is 1. The molecule has 1 aromatic carbocycles. The van der Waals surface area contributed by atoms with Crippen molar-refractivity contribution >= 4 is 39.5 Å². The Hall–Kier alpha value is -2.45. The zero-order valence-corrected chi connectivity index (χ0v) is 12.1. The van der Waals surface area contributed by atoms with Crippen molar-refractivity contribution in [2.75, 3.05) is 5.32 Å². The highest BCUT2D eigenvalue weighted by Gasteiger charge is 2.11. The van der Waals surface area contributed by atoms with E-state index >= 15 is 0 Å². The number of hydrogen-bond acceptors (Lipinski definition) is 7. The fourth-order valence-corrected chi connectivity index (χ4v) is 3.21. The van der Waals surface area contributed by atoms with Gasteiger partial charge in [-0.15, -0.1) is 21.5 Å². The summed E-state index contributed by atoms with van der Waals surface area (Å²) in [6.07, 6.45) is 0. The average molecular weight is 319 g/mol. The molecule has 0 atom stereocenters. The Labute approximate surface area is 127 Å². The third-order valence-corrected chi connectivity index (χ3v) is 4.52. The van der Waals surface area contributed by atoms with Gasteiger partial charge in [-0.05, 0) is 29.6 Å². The van der Waals surface area contributed by atoms with Gasteiger partial charge in [0, 0.05) is 0 Å². The molecule has 0 unspecified atom stereocenters. The standard InChI is InChI=1S/C13H9N3O3S2/c17-9-4-3-7(12(18)19)6-8(9)14-13-16-15-11(21-13)10-2-1-5-20-10/h1-6,17H,(H,14,16)(H,18,19). The van der Waals surface area contributed by atoms with E-state index in [1.807, 2.05) is 17.5 Å². The molecular weight excluding hydrogens is 310 g/mol. The highest BCUT2D eigenvalue weighted by molar-refractivity contribution is 7.22. The van der Waals surface area contributed by atoms with E-state index in [2.05, 4.69) is 15.5 Å². The number of carboxylic acids is 1. The molecule has 6 nitrogen and oxygen atoms in total. The van der Waals surface area contributed by atoms with E-state index < -0.39 is 5.97 Å². The number of thiophene rings is 1. The van der Waals surface area contributed by atoms with E-state index in [9.17, 15) is 9.90 Å². The molecule has 0 aliphatic heterocycles. The van der Waals surface area contributed by atoms with Crippen molar-refractivity contribution in [2.45, 2.75) is 0 Å². The topological polar surface area (TPSA) is 95.3 Å². The highest BCUT2D eigenvalue weighted by Crippen LogP contribution is 2.33. The average Bonchev–Trinajstić information content (AvgIpc) is 3.11. The zero-order valence-electron chi connectivity index (χ0n) is 10.5. The van der Waals surface area contributed by atoms with Crippen LogP contribution in [0.5, 0.6) is 5.75 Å². The van der Waals surface area contributed by atoms with Crippen LogP contribution in [0, 0.1) is 0 Å². The number of aromatic nitrogens is 2. The Morgan fingerprint density at radius 2 is 2.10 bits per heavy atom. The molecule has 0 aliphatic carbocycles.